The molecule has 0 saturated carbocycles. The number of carbonyl (C=O) groups is 1. The van der Waals surface area contributed by atoms with Crippen LogP contribution in [0, 0.1) is 0 Å². The summed E-state index contributed by atoms with van der Waals surface area (Å²) < 4.78 is 26.1. The molecule has 1 N–H and O–H groups in total. The first-order valence-electron chi connectivity index (χ1n) is 8.56. The molecule has 0 spiro atoms. The van der Waals surface area contributed by atoms with E-state index in [1.165, 1.54) is 20.3 Å². The molecule has 0 aromatic heterocycles. The SMILES string of the molecule is COCO[C@H]1CCC(O)=C(Cc2ccc(OC)cc2OC)/C1=C/C(=O)OC. The van der Waals surface area contributed by atoms with Crippen molar-refractivity contribution >= 4 is 5.97 Å². The molecule has 148 valence electrons. The van der Waals surface area contributed by atoms with Crippen molar-refractivity contribution in [2.24, 2.45) is 0 Å². The molecule has 7 nitrogen and oxygen atoms in total. The Labute approximate surface area is 159 Å². The molecular weight excluding hydrogens is 352 g/mol. The van der Waals surface area contributed by atoms with Crippen LogP contribution in [0.25, 0.3) is 0 Å². The Morgan fingerprint density at radius 2 is 2.00 bits per heavy atom. The van der Waals surface area contributed by atoms with Crippen molar-refractivity contribution in [2.75, 3.05) is 35.2 Å². The molecule has 0 aliphatic heterocycles. The van der Waals surface area contributed by atoms with Gasteiger partial charge in [-0.2, -0.15) is 0 Å². The highest BCUT2D eigenvalue weighted by Gasteiger charge is 2.28. The van der Waals surface area contributed by atoms with Gasteiger partial charge in [-0.1, -0.05) is 6.07 Å². The van der Waals surface area contributed by atoms with E-state index in [4.69, 9.17) is 23.7 Å². The van der Waals surface area contributed by atoms with E-state index in [0.717, 1.165) is 5.56 Å². The van der Waals surface area contributed by atoms with E-state index in [0.29, 0.717) is 41.9 Å². The Morgan fingerprint density at radius 1 is 1.22 bits per heavy atom. The van der Waals surface area contributed by atoms with Gasteiger partial charge >= 0.3 is 5.97 Å². The molecule has 0 heterocycles. The Hall–Kier alpha value is -2.51. The molecule has 0 amide bonds. The lowest BCUT2D eigenvalue weighted by Crippen LogP contribution is -2.25. The van der Waals surface area contributed by atoms with Crippen LogP contribution < -0.4 is 9.47 Å². The second kappa shape index (κ2) is 9.99. The number of hydrogen-bond donors (Lipinski definition) is 1. The highest BCUT2D eigenvalue weighted by atomic mass is 16.7. The minimum atomic E-state index is -0.509. The van der Waals surface area contributed by atoms with Gasteiger partial charge in [0.1, 0.15) is 18.3 Å². The molecule has 2 rings (SSSR count). The van der Waals surface area contributed by atoms with Crippen LogP contribution in [-0.4, -0.2) is 52.4 Å². The molecule has 1 aliphatic rings. The summed E-state index contributed by atoms with van der Waals surface area (Å²) in [5.74, 6) is 1.02. The number of methoxy groups -OCH3 is 4. The normalized spacial score (nSPS) is 18.5. The summed E-state index contributed by atoms with van der Waals surface area (Å²) >= 11 is 0. The van der Waals surface area contributed by atoms with Gasteiger partial charge < -0.3 is 28.8 Å². The van der Waals surface area contributed by atoms with E-state index >= 15 is 0 Å². The monoisotopic (exact) mass is 378 g/mol. The molecule has 1 aromatic carbocycles. The Morgan fingerprint density at radius 3 is 2.63 bits per heavy atom. The first kappa shape index (κ1) is 20.8. The number of esters is 1. The highest BCUT2D eigenvalue weighted by Crippen LogP contribution is 2.36. The quantitative estimate of drug-likeness (QED) is 0.423. The van der Waals surface area contributed by atoms with Crippen molar-refractivity contribution in [3.8, 4) is 11.5 Å². The van der Waals surface area contributed by atoms with Crippen molar-refractivity contribution < 1.29 is 33.6 Å². The fourth-order valence-electron chi connectivity index (χ4n) is 3.02. The molecule has 1 aromatic rings. The second-order valence-corrected chi connectivity index (χ2v) is 6.00. The Kier molecular flexibility index (Phi) is 7.69. The molecule has 0 fully saturated rings. The van der Waals surface area contributed by atoms with Gasteiger partial charge in [-0.05, 0) is 23.6 Å². The third-order valence-corrected chi connectivity index (χ3v) is 4.41. The maximum absolute atomic E-state index is 11.9. The number of hydrogen-bond acceptors (Lipinski definition) is 7. The van der Waals surface area contributed by atoms with Crippen LogP contribution in [0.1, 0.15) is 18.4 Å². The molecule has 0 radical (unpaired) electrons. The summed E-state index contributed by atoms with van der Waals surface area (Å²) in [7, 11) is 5.99. The van der Waals surface area contributed by atoms with E-state index < -0.39 is 5.97 Å². The zero-order valence-electron chi connectivity index (χ0n) is 16.1. The van der Waals surface area contributed by atoms with Crippen LogP contribution in [0.3, 0.4) is 0 Å². The summed E-state index contributed by atoms with van der Waals surface area (Å²) in [5, 5.41) is 10.5. The van der Waals surface area contributed by atoms with Gasteiger partial charge in [-0.3, -0.25) is 0 Å². The van der Waals surface area contributed by atoms with Crippen LogP contribution in [0.2, 0.25) is 0 Å². The zero-order valence-corrected chi connectivity index (χ0v) is 16.1. The fourth-order valence-corrected chi connectivity index (χ4v) is 3.02. The minimum Gasteiger partial charge on any atom is -0.512 e. The van der Waals surface area contributed by atoms with Crippen molar-refractivity contribution in [1.29, 1.82) is 0 Å². The third kappa shape index (κ3) is 5.24. The van der Waals surface area contributed by atoms with Gasteiger partial charge in [-0.15, -0.1) is 0 Å². The smallest absolute Gasteiger partial charge is 0.330 e. The van der Waals surface area contributed by atoms with Crippen LogP contribution in [0.4, 0.5) is 0 Å². The number of allylic oxidation sites excluding steroid dienone is 1. The summed E-state index contributed by atoms with van der Waals surface area (Å²) in [6.07, 6.45) is 2.34. The average molecular weight is 378 g/mol. The van der Waals surface area contributed by atoms with Gasteiger partial charge in [0.15, 0.2) is 0 Å². The summed E-state index contributed by atoms with van der Waals surface area (Å²) in [6, 6.07) is 5.46. The molecule has 0 saturated heterocycles. The van der Waals surface area contributed by atoms with Crippen LogP contribution >= 0.6 is 0 Å². The molecule has 1 aliphatic carbocycles. The van der Waals surface area contributed by atoms with Crippen molar-refractivity contribution in [3.63, 3.8) is 0 Å². The lowest BCUT2D eigenvalue weighted by atomic mass is 9.85. The van der Waals surface area contributed by atoms with Gasteiger partial charge in [-0.25, -0.2) is 4.79 Å². The van der Waals surface area contributed by atoms with Crippen LogP contribution in [0.5, 0.6) is 11.5 Å². The van der Waals surface area contributed by atoms with E-state index in [1.54, 1.807) is 20.3 Å². The molecule has 27 heavy (non-hydrogen) atoms. The van der Waals surface area contributed by atoms with Crippen LogP contribution in [0.15, 0.2) is 41.2 Å². The topological polar surface area (TPSA) is 83.5 Å². The lowest BCUT2D eigenvalue weighted by molar-refractivity contribution is -0.135. The maximum Gasteiger partial charge on any atom is 0.330 e. The number of benzene rings is 1. The van der Waals surface area contributed by atoms with Crippen molar-refractivity contribution in [3.05, 3.63) is 46.7 Å². The van der Waals surface area contributed by atoms with Gasteiger partial charge in [0, 0.05) is 37.7 Å². The van der Waals surface area contributed by atoms with Gasteiger partial charge in [0.05, 0.1) is 33.2 Å². The predicted molar refractivity (Wildman–Crippen MR) is 99.0 cm³/mol. The molecule has 7 heteroatoms. The van der Waals surface area contributed by atoms with E-state index in [-0.39, 0.29) is 18.7 Å². The summed E-state index contributed by atoms with van der Waals surface area (Å²) in [4.78, 5) is 11.9. The first-order chi connectivity index (χ1) is 13.0. The molecule has 1 atom stereocenters. The van der Waals surface area contributed by atoms with E-state index in [1.807, 2.05) is 12.1 Å². The minimum absolute atomic E-state index is 0.0864. The lowest BCUT2D eigenvalue weighted by Gasteiger charge is -2.28. The number of ether oxygens (including phenoxy) is 5. The zero-order chi connectivity index (χ0) is 19.8. The standard InChI is InChI=1S/C20H26O7/c1-23-12-27-18-8-7-17(21)15(16(18)11-20(22)26-4)9-13-5-6-14(24-2)10-19(13)25-3/h5-6,10-11,18,21H,7-9,12H2,1-4H3/b16-11-/t18-/m0/s1. The van der Waals surface area contributed by atoms with E-state index in [9.17, 15) is 9.90 Å². The van der Waals surface area contributed by atoms with Crippen LogP contribution in [-0.2, 0) is 25.4 Å². The largest absolute Gasteiger partial charge is 0.512 e. The predicted octanol–water partition coefficient (Wildman–Crippen LogP) is 2.94. The van der Waals surface area contributed by atoms with Gasteiger partial charge in [0.25, 0.3) is 0 Å². The Balaban J connectivity index is 2.41. The van der Waals surface area contributed by atoms with Gasteiger partial charge in [0.2, 0.25) is 0 Å². The van der Waals surface area contributed by atoms with Crippen molar-refractivity contribution in [2.45, 2.75) is 25.4 Å². The molecule has 0 bridgehead atoms. The third-order valence-electron chi connectivity index (χ3n) is 4.41. The van der Waals surface area contributed by atoms with Crippen molar-refractivity contribution in [1.82, 2.24) is 0 Å². The number of aliphatic hydroxyl groups excluding tert-OH is 1. The summed E-state index contributed by atoms with van der Waals surface area (Å²) in [5.41, 5.74) is 2.06. The average Bonchev–Trinajstić information content (AvgIpc) is 2.69. The summed E-state index contributed by atoms with van der Waals surface area (Å²) in [6.45, 7) is 0.0864. The maximum atomic E-state index is 11.9. The highest BCUT2D eigenvalue weighted by molar-refractivity contribution is 5.84. The second-order valence-electron chi connectivity index (χ2n) is 6.00. The molecule has 0 unspecified atom stereocenters. The first-order valence-corrected chi connectivity index (χ1v) is 8.56. The number of aliphatic hydroxyl groups is 1. The molecular formula is C20H26O7. The number of rotatable bonds is 8. The number of carbonyl (C=O) groups excluding carboxylic acids is 1. The Bertz CT molecular complexity index is 721. The van der Waals surface area contributed by atoms with E-state index in [2.05, 4.69) is 0 Å². The fraction of sp³-hybridized carbons (Fsp3) is 0.450.